The summed E-state index contributed by atoms with van der Waals surface area (Å²) in [4.78, 5) is 4.27. The summed E-state index contributed by atoms with van der Waals surface area (Å²) in [7, 11) is 0. The number of hydrogen-bond acceptors (Lipinski definition) is 3. The smallest absolute Gasteiger partial charge is 0.0529 e. The van der Waals surface area contributed by atoms with Crippen LogP contribution in [0, 0.1) is 6.92 Å². The van der Waals surface area contributed by atoms with Crippen molar-refractivity contribution in [3.8, 4) is 0 Å². The maximum absolute atomic E-state index is 5.95. The van der Waals surface area contributed by atoms with Crippen LogP contribution in [0.2, 0.25) is 0 Å². The molecule has 1 heterocycles. The molecule has 0 aliphatic heterocycles. The van der Waals surface area contributed by atoms with E-state index in [2.05, 4.69) is 16.4 Å². The van der Waals surface area contributed by atoms with Gasteiger partial charge in [-0.25, -0.2) is 0 Å². The Morgan fingerprint density at radius 3 is 2.93 bits per heavy atom. The quantitative estimate of drug-likeness (QED) is 0.777. The van der Waals surface area contributed by atoms with Crippen LogP contribution >= 0.6 is 0 Å². The third-order valence-electron chi connectivity index (χ3n) is 3.00. The largest absolute Gasteiger partial charge is 0.381 e. The van der Waals surface area contributed by atoms with Crippen LogP contribution in [-0.4, -0.2) is 17.1 Å². The van der Waals surface area contributed by atoms with E-state index in [-0.39, 0.29) is 0 Å². The van der Waals surface area contributed by atoms with Crippen LogP contribution in [0.1, 0.15) is 31.4 Å². The van der Waals surface area contributed by atoms with Gasteiger partial charge in [0, 0.05) is 17.8 Å². The van der Waals surface area contributed by atoms with Crippen LogP contribution in [0.25, 0.3) is 0 Å². The van der Waals surface area contributed by atoms with E-state index in [4.69, 9.17) is 5.73 Å². The van der Waals surface area contributed by atoms with Gasteiger partial charge in [-0.3, -0.25) is 4.98 Å². The number of rotatable bonds is 2. The number of nitrogens with two attached hydrogens (primary N) is 1. The van der Waals surface area contributed by atoms with Crippen molar-refractivity contribution in [2.45, 2.75) is 44.7 Å². The van der Waals surface area contributed by atoms with Gasteiger partial charge in [0.25, 0.3) is 0 Å². The maximum atomic E-state index is 5.95. The van der Waals surface area contributed by atoms with E-state index in [1.54, 1.807) is 0 Å². The molecular formula is C12H19N3. The Kier molecular flexibility index (Phi) is 3.21. The van der Waals surface area contributed by atoms with E-state index in [1.807, 2.05) is 19.2 Å². The fraction of sp³-hybridized carbons (Fsp3) is 0.583. The van der Waals surface area contributed by atoms with Gasteiger partial charge in [0.1, 0.15) is 0 Å². The number of aryl methyl sites for hydroxylation is 1. The van der Waals surface area contributed by atoms with Crippen molar-refractivity contribution >= 4 is 5.69 Å². The molecule has 0 bridgehead atoms. The molecule has 0 amide bonds. The van der Waals surface area contributed by atoms with Gasteiger partial charge in [-0.2, -0.15) is 0 Å². The second-order valence-corrected chi connectivity index (χ2v) is 4.46. The second kappa shape index (κ2) is 4.62. The SMILES string of the molecule is Cc1ccc(NC2CCCC(N)C2)cn1. The van der Waals surface area contributed by atoms with Crippen LogP contribution in [0.5, 0.6) is 0 Å². The van der Waals surface area contributed by atoms with Crippen molar-refractivity contribution < 1.29 is 0 Å². The van der Waals surface area contributed by atoms with E-state index in [0.717, 1.165) is 17.8 Å². The van der Waals surface area contributed by atoms with Gasteiger partial charge in [0.15, 0.2) is 0 Å². The predicted octanol–water partition coefficient (Wildman–Crippen LogP) is 2.07. The molecule has 0 radical (unpaired) electrons. The molecule has 3 N–H and O–H groups in total. The van der Waals surface area contributed by atoms with Crippen molar-refractivity contribution in [3.05, 3.63) is 24.0 Å². The van der Waals surface area contributed by atoms with Gasteiger partial charge >= 0.3 is 0 Å². The summed E-state index contributed by atoms with van der Waals surface area (Å²) in [6, 6.07) is 5.01. The third-order valence-corrected chi connectivity index (χ3v) is 3.00. The Labute approximate surface area is 91.1 Å². The van der Waals surface area contributed by atoms with Crippen LogP contribution in [0.15, 0.2) is 18.3 Å². The highest BCUT2D eigenvalue weighted by Gasteiger charge is 2.18. The van der Waals surface area contributed by atoms with Gasteiger partial charge in [-0.1, -0.05) is 0 Å². The lowest BCUT2D eigenvalue weighted by Crippen LogP contribution is -2.34. The fourth-order valence-electron chi connectivity index (χ4n) is 2.15. The molecule has 3 heteroatoms. The van der Waals surface area contributed by atoms with Crippen LogP contribution in [-0.2, 0) is 0 Å². The molecule has 1 aromatic rings. The summed E-state index contributed by atoms with van der Waals surface area (Å²) < 4.78 is 0. The number of anilines is 1. The molecule has 1 aliphatic carbocycles. The zero-order chi connectivity index (χ0) is 10.7. The Bertz CT molecular complexity index is 307. The normalized spacial score (nSPS) is 26.3. The summed E-state index contributed by atoms with van der Waals surface area (Å²) in [6.45, 7) is 2.00. The molecule has 0 saturated heterocycles. The molecule has 1 aliphatic rings. The molecule has 1 fully saturated rings. The summed E-state index contributed by atoms with van der Waals surface area (Å²) in [5, 5.41) is 3.50. The lowest BCUT2D eigenvalue weighted by atomic mass is 9.91. The molecule has 1 aromatic heterocycles. The summed E-state index contributed by atoms with van der Waals surface area (Å²) in [5.74, 6) is 0. The minimum absolute atomic E-state index is 0.370. The van der Waals surface area contributed by atoms with Crippen LogP contribution in [0.3, 0.4) is 0 Å². The Balaban J connectivity index is 1.93. The highest BCUT2D eigenvalue weighted by Crippen LogP contribution is 2.20. The van der Waals surface area contributed by atoms with Crippen molar-refractivity contribution in [1.82, 2.24) is 4.98 Å². The molecule has 82 valence electrons. The lowest BCUT2D eigenvalue weighted by Gasteiger charge is -2.28. The number of hydrogen-bond donors (Lipinski definition) is 2. The first-order valence-corrected chi connectivity index (χ1v) is 5.69. The van der Waals surface area contributed by atoms with Crippen LogP contribution in [0.4, 0.5) is 5.69 Å². The van der Waals surface area contributed by atoms with Crippen molar-refractivity contribution in [2.24, 2.45) is 5.73 Å². The number of aromatic nitrogens is 1. The van der Waals surface area contributed by atoms with Gasteiger partial charge in [0.05, 0.1) is 11.9 Å². The van der Waals surface area contributed by atoms with E-state index in [1.165, 1.54) is 19.3 Å². The predicted molar refractivity (Wildman–Crippen MR) is 62.8 cm³/mol. The molecule has 15 heavy (non-hydrogen) atoms. The monoisotopic (exact) mass is 205 g/mol. The van der Waals surface area contributed by atoms with Crippen molar-refractivity contribution in [1.29, 1.82) is 0 Å². The first-order chi connectivity index (χ1) is 7.24. The Hall–Kier alpha value is -1.09. The highest BCUT2D eigenvalue weighted by molar-refractivity contribution is 5.41. The first kappa shape index (κ1) is 10.4. The molecule has 2 atom stereocenters. The molecule has 0 aromatic carbocycles. The van der Waals surface area contributed by atoms with Gasteiger partial charge in [-0.05, 0) is 44.7 Å². The number of pyridine rings is 1. The van der Waals surface area contributed by atoms with Gasteiger partial charge in [0.2, 0.25) is 0 Å². The van der Waals surface area contributed by atoms with Crippen molar-refractivity contribution in [3.63, 3.8) is 0 Å². The Morgan fingerprint density at radius 1 is 1.40 bits per heavy atom. The maximum Gasteiger partial charge on any atom is 0.0529 e. The third kappa shape index (κ3) is 2.93. The molecule has 2 unspecified atom stereocenters. The molecule has 2 rings (SSSR count). The summed E-state index contributed by atoms with van der Waals surface area (Å²) in [6.07, 6.45) is 6.60. The lowest BCUT2D eigenvalue weighted by molar-refractivity contribution is 0.409. The molecule has 1 saturated carbocycles. The van der Waals surface area contributed by atoms with E-state index in [0.29, 0.717) is 12.1 Å². The summed E-state index contributed by atoms with van der Waals surface area (Å²) in [5.41, 5.74) is 8.11. The van der Waals surface area contributed by atoms with Crippen LogP contribution < -0.4 is 11.1 Å². The minimum atomic E-state index is 0.370. The average molecular weight is 205 g/mol. The molecule has 0 spiro atoms. The Morgan fingerprint density at radius 2 is 2.27 bits per heavy atom. The average Bonchev–Trinajstić information content (AvgIpc) is 2.22. The number of nitrogens with one attached hydrogen (secondary N) is 1. The van der Waals surface area contributed by atoms with E-state index < -0.39 is 0 Å². The van der Waals surface area contributed by atoms with Gasteiger partial charge in [-0.15, -0.1) is 0 Å². The highest BCUT2D eigenvalue weighted by atomic mass is 14.9. The van der Waals surface area contributed by atoms with E-state index in [9.17, 15) is 0 Å². The topological polar surface area (TPSA) is 50.9 Å². The second-order valence-electron chi connectivity index (χ2n) is 4.46. The zero-order valence-corrected chi connectivity index (χ0v) is 9.24. The standard InChI is InChI=1S/C12H19N3/c1-9-5-6-12(8-14-9)15-11-4-2-3-10(13)7-11/h5-6,8,10-11,15H,2-4,7,13H2,1H3. The van der Waals surface area contributed by atoms with Crippen molar-refractivity contribution in [2.75, 3.05) is 5.32 Å². The minimum Gasteiger partial charge on any atom is -0.381 e. The zero-order valence-electron chi connectivity index (χ0n) is 9.24. The van der Waals surface area contributed by atoms with E-state index >= 15 is 0 Å². The fourth-order valence-corrected chi connectivity index (χ4v) is 2.15. The summed E-state index contributed by atoms with van der Waals surface area (Å²) >= 11 is 0. The van der Waals surface area contributed by atoms with Gasteiger partial charge < -0.3 is 11.1 Å². The number of nitrogens with zero attached hydrogens (tertiary/aromatic N) is 1. The molecular weight excluding hydrogens is 186 g/mol. The first-order valence-electron chi connectivity index (χ1n) is 5.69. The molecule has 3 nitrogen and oxygen atoms in total.